The molecule has 0 saturated carbocycles. The van der Waals surface area contributed by atoms with E-state index in [1.165, 1.54) is 36.8 Å². The minimum Gasteiger partial charge on any atom is -0.452 e. The molecule has 2 aliphatic heterocycles. The summed E-state index contributed by atoms with van der Waals surface area (Å²) in [5, 5.41) is 3.57. The van der Waals surface area contributed by atoms with Crippen LogP contribution >= 0.6 is 11.6 Å². The summed E-state index contributed by atoms with van der Waals surface area (Å²) in [5.41, 5.74) is 1.25. The first-order chi connectivity index (χ1) is 21.4. The molecule has 2 heterocycles. The average Bonchev–Trinajstić information content (AvgIpc) is 3.04. The lowest BCUT2D eigenvalue weighted by molar-refractivity contribution is -0.161. The Labute approximate surface area is 268 Å². The molecular formula is C35H49ClN4O4. The zero-order valence-corrected chi connectivity index (χ0v) is 27.2. The number of piperazine rings is 1. The van der Waals surface area contributed by atoms with Crippen molar-refractivity contribution >= 4 is 35.2 Å². The van der Waals surface area contributed by atoms with Gasteiger partial charge in [0.1, 0.15) is 11.6 Å². The third-order valence-electron chi connectivity index (χ3n) is 9.13. The summed E-state index contributed by atoms with van der Waals surface area (Å²) in [6.07, 6.45) is 9.48. The van der Waals surface area contributed by atoms with Crippen LogP contribution in [0, 0.1) is 0 Å². The highest BCUT2D eigenvalue weighted by Crippen LogP contribution is 2.34. The van der Waals surface area contributed by atoms with Gasteiger partial charge < -0.3 is 19.9 Å². The molecule has 1 spiro atoms. The molecule has 0 radical (unpaired) electrons. The molecule has 0 bridgehead atoms. The van der Waals surface area contributed by atoms with Crippen molar-refractivity contribution in [3.8, 4) is 0 Å². The van der Waals surface area contributed by atoms with Gasteiger partial charge in [-0.05, 0) is 82.0 Å². The Morgan fingerprint density at radius 2 is 1.66 bits per heavy atom. The van der Waals surface area contributed by atoms with Crippen molar-refractivity contribution in [2.45, 2.75) is 89.1 Å². The molecule has 1 atom stereocenters. The highest BCUT2D eigenvalue weighted by Gasteiger charge is 2.53. The summed E-state index contributed by atoms with van der Waals surface area (Å²) in [4.78, 5) is 45.7. The third kappa shape index (κ3) is 8.54. The first-order valence-corrected chi connectivity index (χ1v) is 16.8. The van der Waals surface area contributed by atoms with E-state index in [0.717, 1.165) is 38.9 Å². The second kappa shape index (κ2) is 16.8. The summed E-state index contributed by atoms with van der Waals surface area (Å²) in [6.45, 7) is 5.77. The first kappa shape index (κ1) is 33.8. The predicted octanol–water partition coefficient (Wildman–Crippen LogP) is 6.46. The zero-order valence-electron chi connectivity index (χ0n) is 26.4. The number of para-hydroxylation sites is 1. The van der Waals surface area contributed by atoms with Crippen molar-refractivity contribution < 1.29 is 19.1 Å². The number of aryl methyl sites for hydroxylation is 1. The van der Waals surface area contributed by atoms with Gasteiger partial charge in [0, 0.05) is 26.2 Å². The van der Waals surface area contributed by atoms with Gasteiger partial charge in [0.15, 0.2) is 0 Å². The molecule has 9 heteroatoms. The molecule has 2 aromatic rings. The van der Waals surface area contributed by atoms with Gasteiger partial charge in [-0.2, -0.15) is 0 Å². The van der Waals surface area contributed by atoms with Crippen molar-refractivity contribution in [3.05, 3.63) is 65.2 Å². The summed E-state index contributed by atoms with van der Waals surface area (Å²) in [5.74, 6) is 0.0117. The van der Waals surface area contributed by atoms with Crippen LogP contribution in [0.1, 0.15) is 76.7 Å². The Hall–Kier alpha value is -3.10. The first-order valence-electron chi connectivity index (χ1n) is 16.4. The number of ether oxygens (including phenoxy) is 1. The molecule has 2 saturated heterocycles. The number of carbonyl (C=O) groups excluding carboxylic acids is 3. The highest BCUT2D eigenvalue weighted by atomic mass is 35.5. The number of hydrogen-bond donors (Lipinski definition) is 1. The Morgan fingerprint density at radius 3 is 2.36 bits per heavy atom. The number of hydrogen-bond acceptors (Lipinski definition) is 5. The van der Waals surface area contributed by atoms with Gasteiger partial charge in [-0.1, -0.05) is 73.8 Å². The fourth-order valence-corrected chi connectivity index (χ4v) is 6.87. The summed E-state index contributed by atoms with van der Waals surface area (Å²) >= 11 is 6.33. The van der Waals surface area contributed by atoms with Crippen LogP contribution in [0.4, 0.5) is 10.5 Å². The Balaban J connectivity index is 1.23. The van der Waals surface area contributed by atoms with Crippen LogP contribution < -0.4 is 10.2 Å². The Kier molecular flexibility index (Phi) is 12.9. The normalized spacial score (nSPS) is 18.3. The van der Waals surface area contributed by atoms with Crippen LogP contribution in [0.2, 0.25) is 5.02 Å². The molecule has 1 N–H and O–H groups in total. The molecule has 2 fully saturated rings. The number of likely N-dealkylation sites (tertiary alicyclic amines) is 1. The maximum Gasteiger partial charge on any atom is 0.414 e. The molecule has 2 aromatic carbocycles. The second-order valence-corrected chi connectivity index (χ2v) is 12.5. The lowest BCUT2D eigenvalue weighted by Crippen LogP contribution is -2.72. The van der Waals surface area contributed by atoms with Crippen LogP contribution in [0.15, 0.2) is 54.6 Å². The van der Waals surface area contributed by atoms with Crippen LogP contribution in [-0.4, -0.2) is 79.1 Å². The molecule has 0 unspecified atom stereocenters. The lowest BCUT2D eigenvalue weighted by atomic mass is 9.81. The van der Waals surface area contributed by atoms with Crippen molar-refractivity contribution in [3.63, 3.8) is 0 Å². The van der Waals surface area contributed by atoms with E-state index in [2.05, 4.69) is 47.5 Å². The quantitative estimate of drug-likeness (QED) is 0.230. The van der Waals surface area contributed by atoms with E-state index in [9.17, 15) is 14.4 Å². The number of amides is 3. The predicted molar refractivity (Wildman–Crippen MR) is 176 cm³/mol. The molecule has 240 valence electrons. The number of carbonyl (C=O) groups is 3. The van der Waals surface area contributed by atoms with Gasteiger partial charge in [0.05, 0.1) is 17.8 Å². The fourth-order valence-electron chi connectivity index (χ4n) is 6.63. The van der Waals surface area contributed by atoms with Crippen molar-refractivity contribution in [1.82, 2.24) is 15.1 Å². The third-order valence-corrected chi connectivity index (χ3v) is 9.45. The van der Waals surface area contributed by atoms with Crippen LogP contribution in [0.25, 0.3) is 0 Å². The number of benzene rings is 2. The number of piperidine rings is 1. The zero-order chi connectivity index (χ0) is 31.4. The van der Waals surface area contributed by atoms with Gasteiger partial charge in [-0.25, -0.2) is 4.79 Å². The summed E-state index contributed by atoms with van der Waals surface area (Å²) < 4.78 is 4.97. The Morgan fingerprint density at radius 1 is 0.955 bits per heavy atom. The number of methoxy groups -OCH3 is 1. The minimum atomic E-state index is -0.748. The lowest BCUT2D eigenvalue weighted by Gasteiger charge is -2.51. The molecule has 8 nitrogen and oxygen atoms in total. The van der Waals surface area contributed by atoms with Crippen molar-refractivity contribution in [2.75, 3.05) is 44.7 Å². The second-order valence-electron chi connectivity index (χ2n) is 12.1. The van der Waals surface area contributed by atoms with Gasteiger partial charge in [-0.15, -0.1) is 0 Å². The van der Waals surface area contributed by atoms with E-state index >= 15 is 0 Å². The molecule has 44 heavy (non-hydrogen) atoms. The van der Waals surface area contributed by atoms with Gasteiger partial charge >= 0.3 is 6.09 Å². The maximum atomic E-state index is 13.7. The fraction of sp³-hybridized carbons (Fsp3) is 0.571. The topological polar surface area (TPSA) is 82.2 Å². The Bertz CT molecular complexity index is 1220. The van der Waals surface area contributed by atoms with Crippen molar-refractivity contribution in [1.29, 1.82) is 0 Å². The van der Waals surface area contributed by atoms with Gasteiger partial charge in [0.25, 0.3) is 0 Å². The number of nitrogens with zero attached hydrogens (tertiary/aromatic N) is 3. The molecule has 0 aliphatic carbocycles. The molecule has 4 rings (SSSR count). The van der Waals surface area contributed by atoms with E-state index in [1.54, 1.807) is 12.1 Å². The van der Waals surface area contributed by atoms with Crippen molar-refractivity contribution in [2.24, 2.45) is 0 Å². The van der Waals surface area contributed by atoms with E-state index in [0.29, 0.717) is 55.9 Å². The van der Waals surface area contributed by atoms with Crippen LogP contribution in [-0.2, 0) is 20.7 Å². The number of rotatable bonds is 15. The summed E-state index contributed by atoms with van der Waals surface area (Å²) in [6, 6.07) is 17.3. The van der Waals surface area contributed by atoms with Crippen LogP contribution in [0.3, 0.4) is 0 Å². The number of anilines is 1. The molecule has 3 amide bonds. The maximum absolute atomic E-state index is 13.7. The largest absolute Gasteiger partial charge is 0.452 e. The van der Waals surface area contributed by atoms with E-state index in [4.69, 9.17) is 16.3 Å². The molecule has 2 aliphatic rings. The van der Waals surface area contributed by atoms with Gasteiger partial charge in [-0.3, -0.25) is 14.5 Å². The molecule has 0 aromatic heterocycles. The van der Waals surface area contributed by atoms with Crippen LogP contribution in [0.5, 0.6) is 0 Å². The van der Waals surface area contributed by atoms with E-state index in [-0.39, 0.29) is 11.8 Å². The number of halogens is 1. The van der Waals surface area contributed by atoms with E-state index < -0.39 is 17.7 Å². The average molecular weight is 625 g/mol. The molecular weight excluding hydrogens is 576 g/mol. The minimum absolute atomic E-state index is 0.0108. The number of unbranched alkanes of at least 4 members (excludes halogenated alkanes) is 4. The highest BCUT2D eigenvalue weighted by molar-refractivity contribution is 6.33. The number of nitrogens with one attached hydrogen (secondary N) is 1. The SMILES string of the molecule is CCCN1C(=O)[C@H](CCCCN(C(=O)OC)c2ccccc2Cl)NC(=O)C12CCN(CCCCCCc1ccccc1)CC2. The monoisotopic (exact) mass is 624 g/mol. The summed E-state index contributed by atoms with van der Waals surface area (Å²) in [7, 11) is 1.35. The van der Waals surface area contributed by atoms with E-state index in [1.807, 2.05) is 17.0 Å². The smallest absolute Gasteiger partial charge is 0.414 e. The van der Waals surface area contributed by atoms with Gasteiger partial charge in [0.2, 0.25) is 11.8 Å². The standard InChI is InChI=1S/C35H49ClN4O4/c1-3-23-40-32(41)30(19-12-14-25-39(34(43)44-2)31-20-11-10-18-29(31)36)37-33(42)35(40)21-26-38(27-22-35)24-13-5-4-7-15-28-16-8-6-9-17-28/h6,8-11,16-18,20,30H,3-5,7,12-15,19,21-27H2,1-2H3,(H,37,42)/t30-/m0/s1.